The number of amides is 1. The molecule has 10 heteroatoms. The molecule has 2 aromatic carbocycles. The molecule has 0 aliphatic carbocycles. The predicted molar refractivity (Wildman–Crippen MR) is 110 cm³/mol. The standard InChI is InChI=1S/C18H13Cl2FN4O2S/c19-10-6-4-9(5-7-10)16(26)23-14-15(22)24-18(25-17(14)27)28-8-11-12(20)2-1-3-13(11)21/h1-7H,8H2,(H,23,26)(H3,22,24,25,27). The Labute approximate surface area is 173 Å². The van der Waals surface area contributed by atoms with E-state index in [1.54, 1.807) is 18.2 Å². The van der Waals surface area contributed by atoms with Crippen LogP contribution < -0.4 is 16.6 Å². The van der Waals surface area contributed by atoms with E-state index in [0.29, 0.717) is 10.6 Å². The number of nitrogens with one attached hydrogen (secondary N) is 2. The number of aromatic nitrogens is 2. The number of aromatic amines is 1. The van der Waals surface area contributed by atoms with Crippen LogP contribution in [0, 0.1) is 5.82 Å². The van der Waals surface area contributed by atoms with E-state index in [9.17, 15) is 14.0 Å². The molecule has 144 valence electrons. The number of halogens is 3. The summed E-state index contributed by atoms with van der Waals surface area (Å²) in [6.07, 6.45) is 0. The molecule has 0 spiro atoms. The van der Waals surface area contributed by atoms with Crippen molar-refractivity contribution in [2.45, 2.75) is 10.9 Å². The van der Waals surface area contributed by atoms with E-state index in [4.69, 9.17) is 28.9 Å². The number of benzene rings is 2. The fourth-order valence-electron chi connectivity index (χ4n) is 2.26. The van der Waals surface area contributed by atoms with Crippen molar-refractivity contribution < 1.29 is 9.18 Å². The molecule has 4 N–H and O–H groups in total. The van der Waals surface area contributed by atoms with E-state index in [1.165, 1.54) is 24.3 Å². The Morgan fingerprint density at radius 2 is 1.93 bits per heavy atom. The van der Waals surface area contributed by atoms with Gasteiger partial charge in [-0.3, -0.25) is 14.6 Å². The lowest BCUT2D eigenvalue weighted by molar-refractivity contribution is 0.102. The van der Waals surface area contributed by atoms with Crippen LogP contribution in [0.1, 0.15) is 15.9 Å². The summed E-state index contributed by atoms with van der Waals surface area (Å²) in [5.74, 6) is -1.01. The molecule has 0 saturated heterocycles. The zero-order valence-corrected chi connectivity index (χ0v) is 16.5. The molecule has 1 amide bonds. The highest BCUT2D eigenvalue weighted by Crippen LogP contribution is 2.27. The Hall–Kier alpha value is -2.55. The zero-order valence-electron chi connectivity index (χ0n) is 14.1. The maximum Gasteiger partial charge on any atom is 0.277 e. The van der Waals surface area contributed by atoms with Gasteiger partial charge in [0.2, 0.25) is 0 Å². The van der Waals surface area contributed by atoms with Crippen LogP contribution in [0.2, 0.25) is 10.0 Å². The van der Waals surface area contributed by atoms with Crippen molar-refractivity contribution in [3.8, 4) is 0 Å². The maximum absolute atomic E-state index is 13.8. The number of thioether (sulfide) groups is 1. The first-order chi connectivity index (χ1) is 13.3. The van der Waals surface area contributed by atoms with Gasteiger partial charge in [-0.15, -0.1) is 0 Å². The van der Waals surface area contributed by atoms with Gasteiger partial charge in [0.25, 0.3) is 11.5 Å². The van der Waals surface area contributed by atoms with Gasteiger partial charge in [0.05, 0.1) is 0 Å². The van der Waals surface area contributed by atoms with Crippen LogP contribution in [-0.4, -0.2) is 15.9 Å². The van der Waals surface area contributed by atoms with E-state index < -0.39 is 17.3 Å². The minimum absolute atomic E-state index is 0.143. The second-order valence-electron chi connectivity index (χ2n) is 5.58. The van der Waals surface area contributed by atoms with Crippen LogP contribution in [-0.2, 0) is 5.75 Å². The van der Waals surface area contributed by atoms with E-state index in [1.807, 2.05) is 0 Å². The lowest BCUT2D eigenvalue weighted by Gasteiger charge is -2.09. The number of anilines is 2. The molecule has 0 radical (unpaired) electrons. The summed E-state index contributed by atoms with van der Waals surface area (Å²) in [6.45, 7) is 0. The van der Waals surface area contributed by atoms with Crippen molar-refractivity contribution in [1.82, 2.24) is 9.97 Å². The van der Waals surface area contributed by atoms with Crippen LogP contribution in [0.3, 0.4) is 0 Å². The average Bonchev–Trinajstić information content (AvgIpc) is 2.64. The van der Waals surface area contributed by atoms with Crippen molar-refractivity contribution in [3.05, 3.63) is 79.8 Å². The number of carbonyl (C=O) groups excluding carboxylic acids is 1. The van der Waals surface area contributed by atoms with Crippen LogP contribution >= 0.6 is 35.0 Å². The highest BCUT2D eigenvalue weighted by Gasteiger charge is 2.15. The number of nitrogens with two attached hydrogens (primary N) is 1. The second-order valence-corrected chi connectivity index (χ2v) is 7.39. The minimum Gasteiger partial charge on any atom is -0.382 e. The fraction of sp³-hybridized carbons (Fsp3) is 0.0556. The molecule has 0 bridgehead atoms. The molecule has 0 aliphatic heterocycles. The Morgan fingerprint density at radius 1 is 1.21 bits per heavy atom. The maximum atomic E-state index is 13.8. The molecule has 1 heterocycles. The molecule has 3 rings (SSSR count). The monoisotopic (exact) mass is 438 g/mol. The van der Waals surface area contributed by atoms with Gasteiger partial charge in [-0.25, -0.2) is 9.37 Å². The summed E-state index contributed by atoms with van der Waals surface area (Å²) in [7, 11) is 0. The van der Waals surface area contributed by atoms with Crippen LogP contribution in [0.25, 0.3) is 0 Å². The molecule has 0 saturated carbocycles. The van der Waals surface area contributed by atoms with Gasteiger partial charge in [-0.1, -0.05) is 41.0 Å². The number of H-pyrrole nitrogens is 1. The topological polar surface area (TPSA) is 101 Å². The second kappa shape index (κ2) is 8.64. The SMILES string of the molecule is Nc1nc(SCc2c(F)cccc2Cl)[nH]c(=O)c1NC(=O)c1ccc(Cl)cc1. The quantitative estimate of drug-likeness (QED) is 0.406. The smallest absolute Gasteiger partial charge is 0.277 e. The number of hydrogen-bond donors (Lipinski definition) is 3. The summed E-state index contributed by atoms with van der Waals surface area (Å²) in [6, 6.07) is 10.5. The number of rotatable bonds is 5. The third-order valence-corrected chi connectivity index (χ3v) is 5.19. The number of carbonyl (C=O) groups is 1. The third kappa shape index (κ3) is 4.64. The molecule has 1 aromatic heterocycles. The first-order valence-electron chi connectivity index (χ1n) is 7.87. The summed E-state index contributed by atoms with van der Waals surface area (Å²) >= 11 is 12.8. The first kappa shape index (κ1) is 20.2. The van der Waals surface area contributed by atoms with Gasteiger partial charge < -0.3 is 11.1 Å². The van der Waals surface area contributed by atoms with Crippen LogP contribution in [0.4, 0.5) is 15.9 Å². The highest BCUT2D eigenvalue weighted by molar-refractivity contribution is 7.98. The molecule has 0 aliphatic rings. The van der Waals surface area contributed by atoms with Crippen molar-refractivity contribution >= 4 is 52.4 Å². The molecule has 28 heavy (non-hydrogen) atoms. The predicted octanol–water partition coefficient (Wildman–Crippen LogP) is 4.34. The third-order valence-electron chi connectivity index (χ3n) is 3.69. The highest BCUT2D eigenvalue weighted by atomic mass is 35.5. The molecular weight excluding hydrogens is 426 g/mol. The summed E-state index contributed by atoms with van der Waals surface area (Å²) in [5, 5.41) is 3.35. The lowest BCUT2D eigenvalue weighted by Crippen LogP contribution is -2.23. The molecule has 0 atom stereocenters. The number of nitrogen functional groups attached to an aromatic ring is 1. The molecule has 0 unspecified atom stereocenters. The first-order valence-corrected chi connectivity index (χ1v) is 9.61. The van der Waals surface area contributed by atoms with Crippen molar-refractivity contribution in [2.75, 3.05) is 11.1 Å². The summed E-state index contributed by atoms with van der Waals surface area (Å²) in [4.78, 5) is 31.1. The van der Waals surface area contributed by atoms with E-state index >= 15 is 0 Å². The van der Waals surface area contributed by atoms with Gasteiger partial charge >= 0.3 is 0 Å². The van der Waals surface area contributed by atoms with Gasteiger partial charge in [-0.2, -0.15) is 0 Å². The van der Waals surface area contributed by atoms with Gasteiger partial charge in [0.15, 0.2) is 11.0 Å². The minimum atomic E-state index is -0.628. The van der Waals surface area contributed by atoms with Crippen LogP contribution in [0.5, 0.6) is 0 Å². The Bertz CT molecular complexity index is 1070. The Balaban J connectivity index is 1.76. The van der Waals surface area contributed by atoms with E-state index in [2.05, 4.69) is 15.3 Å². The number of hydrogen-bond acceptors (Lipinski definition) is 5. The van der Waals surface area contributed by atoms with Crippen molar-refractivity contribution in [1.29, 1.82) is 0 Å². The van der Waals surface area contributed by atoms with E-state index in [-0.39, 0.29) is 33.0 Å². The summed E-state index contributed by atoms with van der Waals surface area (Å²) in [5.41, 5.74) is 5.61. The van der Waals surface area contributed by atoms with E-state index in [0.717, 1.165) is 11.8 Å². The average molecular weight is 439 g/mol. The Morgan fingerprint density at radius 3 is 2.57 bits per heavy atom. The van der Waals surface area contributed by atoms with Gasteiger partial charge in [0, 0.05) is 26.9 Å². The number of nitrogens with zero attached hydrogens (tertiary/aromatic N) is 1. The molecule has 6 nitrogen and oxygen atoms in total. The van der Waals surface area contributed by atoms with Gasteiger partial charge in [-0.05, 0) is 36.4 Å². The van der Waals surface area contributed by atoms with Crippen molar-refractivity contribution in [3.63, 3.8) is 0 Å². The zero-order chi connectivity index (χ0) is 20.3. The normalized spacial score (nSPS) is 10.7. The Kier molecular flexibility index (Phi) is 6.23. The molecule has 0 fully saturated rings. The lowest BCUT2D eigenvalue weighted by atomic mass is 10.2. The molecular formula is C18H13Cl2FN4O2S. The largest absolute Gasteiger partial charge is 0.382 e. The van der Waals surface area contributed by atoms with Gasteiger partial charge in [0.1, 0.15) is 11.5 Å². The summed E-state index contributed by atoms with van der Waals surface area (Å²) < 4.78 is 13.8. The van der Waals surface area contributed by atoms with Crippen LogP contribution in [0.15, 0.2) is 52.4 Å². The fourth-order valence-corrected chi connectivity index (χ4v) is 3.59. The van der Waals surface area contributed by atoms with Crippen molar-refractivity contribution in [2.24, 2.45) is 0 Å². The molecule has 3 aromatic rings.